The van der Waals surface area contributed by atoms with Gasteiger partial charge in [0.25, 0.3) is 5.56 Å². The molecule has 6 nitrogen and oxygen atoms in total. The van der Waals surface area contributed by atoms with Crippen molar-refractivity contribution in [3.8, 4) is 16.9 Å². The van der Waals surface area contributed by atoms with Crippen LogP contribution in [0.2, 0.25) is 5.02 Å². The van der Waals surface area contributed by atoms with Crippen molar-refractivity contribution < 1.29 is 13.5 Å². The zero-order valence-electron chi connectivity index (χ0n) is 12.9. The zero-order chi connectivity index (χ0) is 18.4. The minimum absolute atomic E-state index is 0.0295. The van der Waals surface area contributed by atoms with Crippen LogP contribution in [0.5, 0.6) is 5.75 Å². The molecule has 0 amide bonds. The van der Waals surface area contributed by atoms with Gasteiger partial charge in [-0.25, -0.2) is 13.3 Å². The van der Waals surface area contributed by atoms with Crippen LogP contribution >= 0.6 is 11.6 Å². The lowest BCUT2D eigenvalue weighted by molar-refractivity contribution is 0.482. The smallest absolute Gasteiger partial charge is 0.260 e. The number of nitrogens with zero attached hydrogens (tertiary/aromatic N) is 1. The summed E-state index contributed by atoms with van der Waals surface area (Å²) in [6.45, 7) is 7.11. The van der Waals surface area contributed by atoms with E-state index in [4.69, 9.17) is 18.2 Å². The fraction of sp³-hybridized carbons (Fsp3) is 0.0588. The second kappa shape index (κ2) is 5.92. The summed E-state index contributed by atoms with van der Waals surface area (Å²) >= 11 is 5.95. The Morgan fingerprint density at radius 3 is 2.60 bits per heavy atom. The van der Waals surface area contributed by atoms with Crippen molar-refractivity contribution in [2.45, 2.75) is 4.90 Å². The zero-order valence-corrected chi connectivity index (χ0v) is 14.4. The van der Waals surface area contributed by atoms with Crippen molar-refractivity contribution in [3.05, 3.63) is 63.2 Å². The largest absolute Gasteiger partial charge is 0.506 e. The van der Waals surface area contributed by atoms with Crippen LogP contribution in [0.25, 0.3) is 26.9 Å². The Kier molecular flexibility index (Phi) is 4.03. The standard InChI is InChI=1S/C17H11ClN2O4S/c1-19-14-7-11-13(8-12(14)18)20-17(22)15(16(11)21)9-4-3-5-10(6-9)25(2,23)24/h3-8H,2H3,(H2,20,21,22). The number of aromatic amines is 1. The molecule has 0 bridgehead atoms. The van der Waals surface area contributed by atoms with E-state index in [-0.39, 0.29) is 43.4 Å². The molecule has 0 aliphatic heterocycles. The highest BCUT2D eigenvalue weighted by Crippen LogP contribution is 2.37. The monoisotopic (exact) mass is 374 g/mol. The fourth-order valence-corrected chi connectivity index (χ4v) is 3.40. The van der Waals surface area contributed by atoms with Crippen LogP contribution in [0, 0.1) is 6.57 Å². The minimum atomic E-state index is -3.47. The molecule has 0 spiro atoms. The van der Waals surface area contributed by atoms with Gasteiger partial charge in [0, 0.05) is 16.7 Å². The van der Waals surface area contributed by atoms with E-state index in [2.05, 4.69) is 9.83 Å². The Hall–Kier alpha value is -2.82. The van der Waals surface area contributed by atoms with Crippen LogP contribution in [-0.4, -0.2) is 24.8 Å². The molecule has 0 unspecified atom stereocenters. The number of hydrogen-bond acceptors (Lipinski definition) is 4. The Labute approximate surface area is 148 Å². The third-order valence-corrected chi connectivity index (χ3v) is 5.14. The van der Waals surface area contributed by atoms with Crippen molar-refractivity contribution in [1.29, 1.82) is 0 Å². The van der Waals surface area contributed by atoms with Crippen LogP contribution in [0.15, 0.2) is 46.1 Å². The molecule has 3 rings (SSSR count). The molecular formula is C17H11ClN2O4S. The van der Waals surface area contributed by atoms with E-state index in [0.717, 1.165) is 6.26 Å². The highest BCUT2D eigenvalue weighted by molar-refractivity contribution is 7.90. The minimum Gasteiger partial charge on any atom is -0.506 e. The van der Waals surface area contributed by atoms with Gasteiger partial charge in [0.2, 0.25) is 5.69 Å². The number of aromatic hydroxyl groups is 1. The first kappa shape index (κ1) is 17.0. The number of aromatic nitrogens is 1. The van der Waals surface area contributed by atoms with Gasteiger partial charge in [0.15, 0.2) is 9.84 Å². The summed E-state index contributed by atoms with van der Waals surface area (Å²) in [6, 6.07) is 8.50. The van der Waals surface area contributed by atoms with E-state index in [1.807, 2.05) is 0 Å². The number of sulfone groups is 1. The fourth-order valence-electron chi connectivity index (χ4n) is 2.52. The second-order valence-corrected chi connectivity index (χ2v) is 7.86. The predicted octanol–water partition coefficient (Wildman–Crippen LogP) is 3.51. The molecular weight excluding hydrogens is 364 g/mol. The van der Waals surface area contributed by atoms with Gasteiger partial charge < -0.3 is 10.1 Å². The van der Waals surface area contributed by atoms with Crippen molar-refractivity contribution >= 4 is 38.0 Å². The summed E-state index contributed by atoms with van der Waals surface area (Å²) < 4.78 is 23.4. The van der Waals surface area contributed by atoms with Crippen molar-refractivity contribution in [1.82, 2.24) is 4.98 Å². The SMILES string of the molecule is [C-]#[N+]c1cc2c(O)c(-c3cccc(S(C)(=O)=O)c3)c(=O)[nH]c2cc1Cl. The van der Waals surface area contributed by atoms with Gasteiger partial charge in [-0.3, -0.25) is 4.79 Å². The van der Waals surface area contributed by atoms with Gasteiger partial charge in [-0.15, -0.1) is 0 Å². The lowest BCUT2D eigenvalue weighted by Gasteiger charge is -2.10. The summed E-state index contributed by atoms with van der Waals surface area (Å²) in [7, 11) is -3.47. The average Bonchev–Trinajstić information content (AvgIpc) is 2.54. The molecule has 3 aromatic rings. The summed E-state index contributed by atoms with van der Waals surface area (Å²) in [5, 5.41) is 11.0. The summed E-state index contributed by atoms with van der Waals surface area (Å²) in [5.41, 5.74) is -0.00306. The molecule has 0 fully saturated rings. The Morgan fingerprint density at radius 1 is 1.24 bits per heavy atom. The number of hydrogen-bond donors (Lipinski definition) is 2. The van der Waals surface area contributed by atoms with Crippen molar-refractivity contribution in [2.24, 2.45) is 0 Å². The maximum Gasteiger partial charge on any atom is 0.260 e. The number of fused-ring (bicyclic) bond motifs is 1. The molecule has 0 aliphatic carbocycles. The molecule has 0 atom stereocenters. The van der Waals surface area contributed by atoms with Gasteiger partial charge in [-0.1, -0.05) is 23.7 Å². The van der Waals surface area contributed by atoms with Crippen molar-refractivity contribution in [2.75, 3.05) is 6.26 Å². The Bertz CT molecular complexity index is 1220. The molecule has 1 heterocycles. The number of nitrogens with one attached hydrogen (secondary N) is 1. The molecule has 0 saturated heterocycles. The lowest BCUT2D eigenvalue weighted by atomic mass is 10.0. The van der Waals surface area contributed by atoms with Gasteiger partial charge in [-0.2, -0.15) is 0 Å². The van der Waals surface area contributed by atoms with E-state index in [9.17, 15) is 18.3 Å². The van der Waals surface area contributed by atoms with Crippen LogP contribution in [0.3, 0.4) is 0 Å². The molecule has 2 aromatic carbocycles. The highest BCUT2D eigenvalue weighted by atomic mass is 35.5. The average molecular weight is 375 g/mol. The summed E-state index contributed by atoms with van der Waals surface area (Å²) in [6.07, 6.45) is 1.06. The maximum absolute atomic E-state index is 12.4. The van der Waals surface area contributed by atoms with Crippen LogP contribution in [0.1, 0.15) is 0 Å². The first-order valence-electron chi connectivity index (χ1n) is 6.99. The maximum atomic E-state index is 12.4. The Morgan fingerprint density at radius 2 is 1.96 bits per heavy atom. The highest BCUT2D eigenvalue weighted by Gasteiger charge is 2.17. The molecule has 8 heteroatoms. The molecule has 1 aromatic heterocycles. The van der Waals surface area contributed by atoms with Gasteiger partial charge in [-0.05, 0) is 29.8 Å². The summed E-state index contributed by atoms with van der Waals surface area (Å²) in [5.74, 6) is -0.342. The topological polar surface area (TPSA) is 91.6 Å². The normalized spacial score (nSPS) is 11.4. The number of pyridine rings is 1. The van der Waals surface area contributed by atoms with E-state index in [1.165, 1.54) is 36.4 Å². The third kappa shape index (κ3) is 2.97. The van der Waals surface area contributed by atoms with E-state index in [1.54, 1.807) is 0 Å². The van der Waals surface area contributed by atoms with Crippen LogP contribution in [-0.2, 0) is 9.84 Å². The van der Waals surface area contributed by atoms with Crippen LogP contribution in [0.4, 0.5) is 5.69 Å². The van der Waals surface area contributed by atoms with Gasteiger partial charge in [0.05, 0.1) is 22.5 Å². The van der Waals surface area contributed by atoms with Gasteiger partial charge in [0.1, 0.15) is 5.75 Å². The van der Waals surface area contributed by atoms with Gasteiger partial charge >= 0.3 is 0 Å². The molecule has 2 N–H and O–H groups in total. The lowest BCUT2D eigenvalue weighted by Crippen LogP contribution is -2.10. The number of benzene rings is 2. The van der Waals surface area contributed by atoms with E-state index in [0.29, 0.717) is 0 Å². The molecule has 126 valence electrons. The van der Waals surface area contributed by atoms with Crippen molar-refractivity contribution in [3.63, 3.8) is 0 Å². The molecule has 0 saturated carbocycles. The Balaban J connectivity index is 2.37. The number of halogens is 1. The van der Waals surface area contributed by atoms with Crippen LogP contribution < -0.4 is 5.56 Å². The summed E-state index contributed by atoms with van der Waals surface area (Å²) in [4.78, 5) is 18.3. The number of rotatable bonds is 2. The molecule has 0 aliphatic rings. The van der Waals surface area contributed by atoms with E-state index >= 15 is 0 Å². The molecule has 0 radical (unpaired) electrons. The second-order valence-electron chi connectivity index (χ2n) is 5.44. The van der Waals surface area contributed by atoms with E-state index < -0.39 is 15.4 Å². The molecule has 25 heavy (non-hydrogen) atoms. The number of H-pyrrole nitrogens is 1. The first-order chi connectivity index (χ1) is 11.7. The first-order valence-corrected chi connectivity index (χ1v) is 9.26. The third-order valence-electron chi connectivity index (χ3n) is 3.73. The quantitative estimate of drug-likeness (QED) is 0.671. The predicted molar refractivity (Wildman–Crippen MR) is 96.1 cm³/mol.